The van der Waals surface area contributed by atoms with Crippen LogP contribution in [0.15, 0.2) is 30.3 Å². The van der Waals surface area contributed by atoms with Gasteiger partial charge in [-0.3, -0.25) is 4.79 Å². The molecule has 0 bridgehead atoms. The van der Waals surface area contributed by atoms with Crippen molar-refractivity contribution in [3.8, 4) is 0 Å². The van der Waals surface area contributed by atoms with E-state index in [1.165, 1.54) is 5.56 Å². The highest BCUT2D eigenvalue weighted by atomic mass is 16.5. The van der Waals surface area contributed by atoms with E-state index >= 15 is 0 Å². The highest BCUT2D eigenvalue weighted by molar-refractivity contribution is 5.78. The van der Waals surface area contributed by atoms with Crippen molar-refractivity contribution in [3.63, 3.8) is 0 Å². The molecule has 1 saturated heterocycles. The van der Waals surface area contributed by atoms with E-state index in [0.717, 1.165) is 39.0 Å². The zero-order valence-electron chi connectivity index (χ0n) is 14.0. The van der Waals surface area contributed by atoms with Crippen molar-refractivity contribution in [2.24, 2.45) is 0 Å². The molecule has 0 radical (unpaired) electrons. The molecule has 0 aromatic heterocycles. The number of carbonyl (C=O) groups is 1. The average Bonchev–Trinajstić information content (AvgIpc) is 3.05. The van der Waals surface area contributed by atoms with Gasteiger partial charge in [0.05, 0.1) is 19.3 Å². The number of ether oxygens (including phenoxy) is 2. The summed E-state index contributed by atoms with van der Waals surface area (Å²) in [6.07, 6.45) is 3.19. The van der Waals surface area contributed by atoms with Gasteiger partial charge < -0.3 is 19.7 Å². The normalized spacial score (nSPS) is 17.6. The van der Waals surface area contributed by atoms with Crippen LogP contribution in [0.25, 0.3) is 0 Å². The number of aryl methyl sites for hydroxylation is 1. The smallest absolute Gasteiger partial charge is 0.236 e. The van der Waals surface area contributed by atoms with Crippen LogP contribution in [0.4, 0.5) is 0 Å². The van der Waals surface area contributed by atoms with Gasteiger partial charge in [-0.15, -0.1) is 0 Å². The summed E-state index contributed by atoms with van der Waals surface area (Å²) in [5.74, 6) is 0.150. The number of benzene rings is 1. The molecule has 1 aliphatic heterocycles. The van der Waals surface area contributed by atoms with E-state index in [0.29, 0.717) is 19.7 Å². The molecule has 23 heavy (non-hydrogen) atoms. The number of hydrogen-bond donors (Lipinski definition) is 1. The van der Waals surface area contributed by atoms with Crippen LogP contribution in [-0.4, -0.2) is 63.4 Å². The van der Waals surface area contributed by atoms with Crippen LogP contribution in [0, 0.1) is 0 Å². The molecule has 1 atom stereocenters. The van der Waals surface area contributed by atoms with Crippen LogP contribution in [0.3, 0.4) is 0 Å². The number of likely N-dealkylation sites (tertiary alicyclic amines) is 1. The molecular weight excluding hydrogens is 292 g/mol. The number of hydrogen-bond acceptors (Lipinski definition) is 4. The fourth-order valence-electron chi connectivity index (χ4n) is 2.74. The van der Waals surface area contributed by atoms with Crippen LogP contribution in [-0.2, 0) is 20.7 Å². The molecule has 0 aliphatic carbocycles. The van der Waals surface area contributed by atoms with E-state index in [1.54, 1.807) is 7.11 Å². The zero-order chi connectivity index (χ0) is 16.3. The quantitative estimate of drug-likeness (QED) is 0.663. The minimum atomic E-state index is 0.150. The van der Waals surface area contributed by atoms with E-state index < -0.39 is 0 Å². The van der Waals surface area contributed by atoms with Crippen molar-refractivity contribution in [2.45, 2.75) is 25.4 Å². The summed E-state index contributed by atoms with van der Waals surface area (Å²) in [5.41, 5.74) is 1.35. The predicted molar refractivity (Wildman–Crippen MR) is 90.4 cm³/mol. The molecule has 1 fully saturated rings. The second-order valence-corrected chi connectivity index (χ2v) is 5.88. The van der Waals surface area contributed by atoms with Gasteiger partial charge in [-0.2, -0.15) is 0 Å². The highest BCUT2D eigenvalue weighted by Crippen LogP contribution is 2.13. The fourth-order valence-corrected chi connectivity index (χ4v) is 2.74. The van der Waals surface area contributed by atoms with Gasteiger partial charge in [-0.25, -0.2) is 0 Å². The predicted octanol–water partition coefficient (Wildman–Crippen LogP) is 1.47. The van der Waals surface area contributed by atoms with Gasteiger partial charge >= 0.3 is 0 Å². The first kappa shape index (κ1) is 17.9. The lowest BCUT2D eigenvalue weighted by Gasteiger charge is -2.17. The Morgan fingerprint density at radius 3 is 2.91 bits per heavy atom. The minimum absolute atomic E-state index is 0.150. The maximum absolute atomic E-state index is 12.0. The summed E-state index contributed by atoms with van der Waals surface area (Å²) in [6, 6.07) is 10.5. The van der Waals surface area contributed by atoms with E-state index in [9.17, 15) is 4.79 Å². The van der Waals surface area contributed by atoms with E-state index in [-0.39, 0.29) is 12.0 Å². The Balaban J connectivity index is 1.55. The molecule has 2 rings (SSSR count). The number of amides is 1. The second kappa shape index (κ2) is 10.4. The first-order chi connectivity index (χ1) is 11.3. The summed E-state index contributed by atoms with van der Waals surface area (Å²) in [7, 11) is 1.66. The Bertz CT molecular complexity index is 453. The molecular formula is C18H28N2O3. The van der Waals surface area contributed by atoms with Crippen molar-refractivity contribution in [2.75, 3.05) is 46.5 Å². The Morgan fingerprint density at radius 1 is 1.30 bits per heavy atom. The lowest BCUT2D eigenvalue weighted by atomic mass is 10.1. The Hall–Kier alpha value is -1.43. The molecule has 1 N–H and O–H groups in total. The average molecular weight is 320 g/mol. The SMILES string of the molecule is COCCNCC(=O)N1CCC(OCCCc2ccccc2)C1. The van der Waals surface area contributed by atoms with E-state index in [2.05, 4.69) is 29.6 Å². The molecule has 5 nitrogen and oxygen atoms in total. The molecule has 5 heteroatoms. The molecule has 0 spiro atoms. The third kappa shape index (κ3) is 6.69. The monoisotopic (exact) mass is 320 g/mol. The van der Waals surface area contributed by atoms with Gasteiger partial charge in [-0.05, 0) is 24.8 Å². The van der Waals surface area contributed by atoms with Gasteiger partial charge in [-0.1, -0.05) is 30.3 Å². The van der Waals surface area contributed by atoms with Crippen molar-refractivity contribution < 1.29 is 14.3 Å². The molecule has 1 unspecified atom stereocenters. The topological polar surface area (TPSA) is 50.8 Å². The van der Waals surface area contributed by atoms with Crippen molar-refractivity contribution >= 4 is 5.91 Å². The number of methoxy groups -OCH3 is 1. The van der Waals surface area contributed by atoms with Crippen LogP contribution >= 0.6 is 0 Å². The Labute approximate surface area is 139 Å². The van der Waals surface area contributed by atoms with Crippen LogP contribution in [0.5, 0.6) is 0 Å². The third-order valence-electron chi connectivity index (χ3n) is 4.06. The maximum Gasteiger partial charge on any atom is 0.236 e. The number of nitrogens with zero attached hydrogens (tertiary/aromatic N) is 1. The molecule has 1 amide bonds. The van der Waals surface area contributed by atoms with Crippen LogP contribution in [0.1, 0.15) is 18.4 Å². The molecule has 0 saturated carbocycles. The van der Waals surface area contributed by atoms with E-state index in [1.807, 2.05) is 11.0 Å². The largest absolute Gasteiger partial charge is 0.383 e. The first-order valence-corrected chi connectivity index (χ1v) is 8.42. The van der Waals surface area contributed by atoms with Crippen molar-refractivity contribution in [1.82, 2.24) is 10.2 Å². The van der Waals surface area contributed by atoms with Crippen molar-refractivity contribution in [1.29, 1.82) is 0 Å². The molecule has 1 heterocycles. The summed E-state index contributed by atoms with van der Waals surface area (Å²) in [5, 5.41) is 3.09. The second-order valence-electron chi connectivity index (χ2n) is 5.88. The van der Waals surface area contributed by atoms with Crippen LogP contribution < -0.4 is 5.32 Å². The van der Waals surface area contributed by atoms with Gasteiger partial charge in [0.2, 0.25) is 5.91 Å². The summed E-state index contributed by atoms with van der Waals surface area (Å²) in [4.78, 5) is 13.9. The molecule has 1 aromatic rings. The maximum atomic E-state index is 12.0. The highest BCUT2D eigenvalue weighted by Gasteiger charge is 2.26. The standard InChI is InChI=1S/C18H28N2O3/c1-22-13-10-19-14-18(21)20-11-9-17(15-20)23-12-5-8-16-6-3-2-4-7-16/h2-4,6-7,17,19H,5,8-15H2,1H3. The third-order valence-corrected chi connectivity index (χ3v) is 4.06. The van der Waals surface area contributed by atoms with Gasteiger partial charge in [0.15, 0.2) is 0 Å². The minimum Gasteiger partial charge on any atom is -0.383 e. The zero-order valence-corrected chi connectivity index (χ0v) is 14.0. The molecule has 1 aromatic carbocycles. The van der Waals surface area contributed by atoms with Crippen LogP contribution in [0.2, 0.25) is 0 Å². The van der Waals surface area contributed by atoms with Gasteiger partial charge in [0.1, 0.15) is 0 Å². The van der Waals surface area contributed by atoms with Gasteiger partial charge in [0.25, 0.3) is 0 Å². The number of nitrogens with one attached hydrogen (secondary N) is 1. The first-order valence-electron chi connectivity index (χ1n) is 8.42. The molecule has 128 valence electrons. The summed E-state index contributed by atoms with van der Waals surface area (Å²) in [6.45, 7) is 3.98. The van der Waals surface area contributed by atoms with Gasteiger partial charge in [0, 0.05) is 33.4 Å². The lowest BCUT2D eigenvalue weighted by molar-refractivity contribution is -0.129. The number of carbonyl (C=O) groups excluding carboxylic acids is 1. The van der Waals surface area contributed by atoms with Crippen molar-refractivity contribution in [3.05, 3.63) is 35.9 Å². The number of rotatable bonds is 10. The van der Waals surface area contributed by atoms with E-state index in [4.69, 9.17) is 9.47 Å². The Kier molecular flexibility index (Phi) is 8.07. The molecule has 1 aliphatic rings. The summed E-state index contributed by atoms with van der Waals surface area (Å²) < 4.78 is 10.9. The Morgan fingerprint density at radius 2 is 2.13 bits per heavy atom. The lowest BCUT2D eigenvalue weighted by Crippen LogP contribution is -2.38. The summed E-state index contributed by atoms with van der Waals surface area (Å²) >= 11 is 0. The fraction of sp³-hybridized carbons (Fsp3) is 0.611.